The summed E-state index contributed by atoms with van der Waals surface area (Å²) in [5, 5.41) is 17.4. The van der Waals surface area contributed by atoms with Crippen LogP contribution in [0.2, 0.25) is 0 Å². The zero-order valence-corrected chi connectivity index (χ0v) is 18.9. The van der Waals surface area contributed by atoms with Crippen molar-refractivity contribution in [2.75, 3.05) is 44.7 Å². The third-order valence-electron chi connectivity index (χ3n) is 5.00. The zero-order valence-electron chi connectivity index (χ0n) is 18.1. The largest absolute Gasteiger partial charge is 0.382 e. The van der Waals surface area contributed by atoms with E-state index in [0.717, 1.165) is 38.0 Å². The van der Waals surface area contributed by atoms with Crippen LogP contribution in [-0.2, 0) is 4.74 Å². The van der Waals surface area contributed by atoms with Crippen LogP contribution in [-0.4, -0.2) is 65.2 Å². The van der Waals surface area contributed by atoms with Gasteiger partial charge in [-0.2, -0.15) is 5.26 Å². The van der Waals surface area contributed by atoms with Crippen LogP contribution in [0.1, 0.15) is 54.1 Å². The number of aromatic nitrogens is 3. The first-order valence-corrected chi connectivity index (χ1v) is 11.5. The van der Waals surface area contributed by atoms with E-state index in [4.69, 9.17) is 10.00 Å². The summed E-state index contributed by atoms with van der Waals surface area (Å²) in [6.45, 7) is 7.91. The maximum Gasteiger partial charge on any atom is 0.270 e. The minimum atomic E-state index is -0.194. The van der Waals surface area contributed by atoms with Gasteiger partial charge < -0.3 is 15.4 Å². The molecule has 0 saturated carbocycles. The van der Waals surface area contributed by atoms with E-state index in [2.05, 4.69) is 36.6 Å². The summed E-state index contributed by atoms with van der Waals surface area (Å²) >= 11 is 1.36. The third kappa shape index (κ3) is 6.95. The second-order valence-electron chi connectivity index (χ2n) is 7.43. The molecule has 0 aliphatic carbocycles. The molecule has 0 spiro atoms. The lowest BCUT2D eigenvalue weighted by molar-refractivity contribution is 0.0940. The van der Waals surface area contributed by atoms with Gasteiger partial charge in [-0.15, -0.1) is 11.3 Å². The lowest BCUT2D eigenvalue weighted by Gasteiger charge is -2.30. The Morgan fingerprint density at radius 1 is 1.42 bits per heavy atom. The number of aryl methyl sites for hydroxylation is 1. The van der Waals surface area contributed by atoms with Crippen molar-refractivity contribution in [3.05, 3.63) is 28.7 Å². The standard InChI is InChI=1S/C21H29N7O2S/c1-3-30-11-5-8-23-20(29)18-14-31-21(26-18)27-19-12-17(24-15(2)25-19)16-6-4-9-28(13-16)10-7-22/h12,14,16H,3-6,8-11,13H2,1-2H3,(H,23,29)(H,24,25,26,27)/t16-/m1/s1. The molecule has 1 aliphatic heterocycles. The molecule has 2 aromatic rings. The van der Waals surface area contributed by atoms with Crippen molar-refractivity contribution in [3.8, 4) is 6.07 Å². The molecule has 166 valence electrons. The number of hydrogen-bond donors (Lipinski definition) is 2. The third-order valence-corrected chi connectivity index (χ3v) is 5.76. The van der Waals surface area contributed by atoms with Crippen molar-refractivity contribution in [2.24, 2.45) is 0 Å². The SMILES string of the molecule is CCOCCCNC(=O)c1csc(Nc2cc([C@@H]3CCCN(CC#N)C3)nc(C)n2)n1. The molecular formula is C21H29N7O2S. The second kappa shape index (κ2) is 11.7. The van der Waals surface area contributed by atoms with E-state index in [1.807, 2.05) is 19.9 Å². The molecule has 2 aromatic heterocycles. The first-order chi connectivity index (χ1) is 15.1. The van der Waals surface area contributed by atoms with Gasteiger partial charge in [-0.25, -0.2) is 15.0 Å². The van der Waals surface area contributed by atoms with E-state index in [-0.39, 0.29) is 11.8 Å². The molecule has 1 aliphatic rings. The molecule has 1 saturated heterocycles. The van der Waals surface area contributed by atoms with Gasteiger partial charge in [0.2, 0.25) is 0 Å². The monoisotopic (exact) mass is 443 g/mol. The number of nitriles is 1. The van der Waals surface area contributed by atoms with Gasteiger partial charge in [0.1, 0.15) is 17.3 Å². The van der Waals surface area contributed by atoms with Crippen molar-refractivity contribution >= 4 is 28.2 Å². The summed E-state index contributed by atoms with van der Waals surface area (Å²) in [7, 11) is 0. The number of carbonyl (C=O) groups is 1. The molecule has 2 N–H and O–H groups in total. The molecule has 3 heterocycles. The van der Waals surface area contributed by atoms with Crippen molar-refractivity contribution in [2.45, 2.75) is 39.0 Å². The molecule has 31 heavy (non-hydrogen) atoms. The Bertz CT molecular complexity index is 911. The van der Waals surface area contributed by atoms with Gasteiger partial charge in [0.25, 0.3) is 5.91 Å². The summed E-state index contributed by atoms with van der Waals surface area (Å²) in [4.78, 5) is 27.9. The van der Waals surface area contributed by atoms with Crippen molar-refractivity contribution in [1.29, 1.82) is 5.26 Å². The van der Waals surface area contributed by atoms with Crippen molar-refractivity contribution < 1.29 is 9.53 Å². The van der Waals surface area contributed by atoms with Gasteiger partial charge in [-0.1, -0.05) is 0 Å². The van der Waals surface area contributed by atoms with Crippen molar-refractivity contribution in [3.63, 3.8) is 0 Å². The lowest BCUT2D eigenvalue weighted by Crippen LogP contribution is -2.35. The molecule has 0 aromatic carbocycles. The number of piperidine rings is 1. The van der Waals surface area contributed by atoms with Gasteiger partial charge >= 0.3 is 0 Å². The topological polar surface area (TPSA) is 116 Å². The summed E-state index contributed by atoms with van der Waals surface area (Å²) < 4.78 is 5.27. The molecule has 3 rings (SSSR count). The Morgan fingerprint density at radius 2 is 2.29 bits per heavy atom. The number of ether oxygens (including phenoxy) is 1. The maximum absolute atomic E-state index is 12.3. The van der Waals surface area contributed by atoms with E-state index >= 15 is 0 Å². The average molecular weight is 444 g/mol. The number of likely N-dealkylation sites (tertiary alicyclic amines) is 1. The van der Waals surface area contributed by atoms with Crippen molar-refractivity contribution in [1.82, 2.24) is 25.2 Å². The van der Waals surface area contributed by atoms with Crippen LogP contribution in [0.5, 0.6) is 0 Å². The predicted molar refractivity (Wildman–Crippen MR) is 120 cm³/mol. The van der Waals surface area contributed by atoms with E-state index in [1.54, 1.807) is 5.38 Å². The Labute approximate surface area is 186 Å². The fourth-order valence-corrected chi connectivity index (χ4v) is 4.26. The van der Waals surface area contributed by atoms with Crippen LogP contribution in [0.15, 0.2) is 11.4 Å². The van der Waals surface area contributed by atoms with Gasteiger partial charge in [-0.3, -0.25) is 9.69 Å². The van der Waals surface area contributed by atoms with Gasteiger partial charge in [0.15, 0.2) is 5.13 Å². The van der Waals surface area contributed by atoms with Gasteiger partial charge in [0.05, 0.1) is 18.3 Å². The molecule has 1 amide bonds. The summed E-state index contributed by atoms with van der Waals surface area (Å²) in [5.41, 5.74) is 1.36. The first-order valence-electron chi connectivity index (χ1n) is 10.6. The highest BCUT2D eigenvalue weighted by Crippen LogP contribution is 2.28. The fourth-order valence-electron chi connectivity index (χ4n) is 3.56. The van der Waals surface area contributed by atoms with E-state index < -0.39 is 0 Å². The van der Waals surface area contributed by atoms with Crippen LogP contribution in [0.4, 0.5) is 10.9 Å². The summed E-state index contributed by atoms with van der Waals surface area (Å²) in [6, 6.07) is 4.18. The highest BCUT2D eigenvalue weighted by atomic mass is 32.1. The summed E-state index contributed by atoms with van der Waals surface area (Å²) in [5.74, 6) is 1.43. The Hall–Kier alpha value is -2.61. The van der Waals surface area contributed by atoms with Gasteiger partial charge in [0, 0.05) is 43.7 Å². The highest BCUT2D eigenvalue weighted by molar-refractivity contribution is 7.14. The smallest absolute Gasteiger partial charge is 0.270 e. The maximum atomic E-state index is 12.3. The number of amides is 1. The number of nitrogens with one attached hydrogen (secondary N) is 2. The molecule has 1 fully saturated rings. The fraction of sp³-hybridized carbons (Fsp3) is 0.571. The lowest BCUT2D eigenvalue weighted by atomic mass is 9.94. The van der Waals surface area contributed by atoms with Crippen LogP contribution in [0.25, 0.3) is 0 Å². The predicted octanol–water partition coefficient (Wildman–Crippen LogP) is 2.84. The van der Waals surface area contributed by atoms with Crippen LogP contribution in [0.3, 0.4) is 0 Å². The molecule has 0 unspecified atom stereocenters. The minimum Gasteiger partial charge on any atom is -0.382 e. The van der Waals surface area contributed by atoms with Crippen LogP contribution < -0.4 is 10.6 Å². The molecular weight excluding hydrogens is 414 g/mol. The molecule has 0 bridgehead atoms. The quantitative estimate of drug-likeness (QED) is 0.425. The van der Waals surface area contributed by atoms with Crippen LogP contribution >= 0.6 is 11.3 Å². The average Bonchev–Trinajstić information content (AvgIpc) is 3.22. The van der Waals surface area contributed by atoms with E-state index in [1.165, 1.54) is 11.3 Å². The molecule has 10 heteroatoms. The van der Waals surface area contributed by atoms with Gasteiger partial charge in [-0.05, 0) is 39.7 Å². The number of rotatable bonds is 10. The Kier molecular flexibility index (Phi) is 8.70. The minimum absolute atomic E-state index is 0.194. The molecule has 0 radical (unpaired) electrons. The van der Waals surface area contributed by atoms with E-state index in [0.29, 0.717) is 48.8 Å². The number of nitrogens with zero attached hydrogens (tertiary/aromatic N) is 5. The normalized spacial score (nSPS) is 16.6. The number of anilines is 2. The first kappa shape index (κ1) is 23.1. The zero-order chi connectivity index (χ0) is 22.1. The molecule has 9 nitrogen and oxygen atoms in total. The van der Waals surface area contributed by atoms with E-state index in [9.17, 15) is 4.79 Å². The number of hydrogen-bond acceptors (Lipinski definition) is 9. The number of thiazole rings is 1. The Balaban J connectivity index is 1.60. The summed E-state index contributed by atoms with van der Waals surface area (Å²) in [6.07, 6.45) is 2.86. The highest BCUT2D eigenvalue weighted by Gasteiger charge is 2.23. The van der Waals surface area contributed by atoms with Crippen LogP contribution in [0, 0.1) is 18.3 Å². The second-order valence-corrected chi connectivity index (χ2v) is 8.29. The number of carbonyl (C=O) groups excluding carboxylic acids is 1. The Morgan fingerprint density at radius 3 is 3.10 bits per heavy atom. The molecule has 1 atom stereocenters.